The molecular formula is C26H27F2N7O3S2. The van der Waals surface area contributed by atoms with E-state index in [1.165, 1.54) is 15.9 Å². The smallest absolute Gasteiger partial charge is 0.291 e. The molecule has 0 bridgehead atoms. The average Bonchev–Trinajstić information content (AvgIpc) is 3.38. The highest BCUT2D eigenvalue weighted by Crippen LogP contribution is 2.41. The van der Waals surface area contributed by atoms with E-state index in [4.69, 9.17) is 4.74 Å². The summed E-state index contributed by atoms with van der Waals surface area (Å²) in [5.74, 6) is -0.0603. The van der Waals surface area contributed by atoms with Crippen LogP contribution in [0, 0.1) is 13.8 Å². The number of carbonyl (C=O) groups is 2. The Hall–Kier alpha value is -3.52. The number of nitrogens with one attached hydrogen (secondary N) is 1. The van der Waals surface area contributed by atoms with Gasteiger partial charge in [-0.15, -0.1) is 11.3 Å². The van der Waals surface area contributed by atoms with Gasteiger partial charge >= 0.3 is 0 Å². The fourth-order valence-corrected chi connectivity index (χ4v) is 6.74. The molecule has 1 saturated carbocycles. The summed E-state index contributed by atoms with van der Waals surface area (Å²) in [6.07, 6.45) is 0.232. The highest BCUT2D eigenvalue weighted by atomic mass is 32.1. The van der Waals surface area contributed by atoms with Gasteiger partial charge in [0.2, 0.25) is 4.96 Å². The molecule has 4 aromatic rings. The van der Waals surface area contributed by atoms with E-state index in [1.54, 1.807) is 17.0 Å². The molecule has 210 valence electrons. The number of hydrogen-bond acceptors (Lipinski definition) is 9. The number of thiazole rings is 1. The Kier molecular flexibility index (Phi) is 6.98. The van der Waals surface area contributed by atoms with Crippen LogP contribution in [0.4, 0.5) is 8.78 Å². The molecule has 14 heteroatoms. The maximum absolute atomic E-state index is 13.7. The fourth-order valence-electron chi connectivity index (χ4n) is 4.91. The van der Waals surface area contributed by atoms with Gasteiger partial charge < -0.3 is 15.0 Å². The van der Waals surface area contributed by atoms with Gasteiger partial charge in [0.15, 0.2) is 11.6 Å². The third-order valence-corrected chi connectivity index (χ3v) is 8.99. The van der Waals surface area contributed by atoms with Gasteiger partial charge in [-0.2, -0.15) is 5.10 Å². The summed E-state index contributed by atoms with van der Waals surface area (Å²) >= 11 is 2.31. The molecule has 1 aliphatic carbocycles. The number of carbonyl (C=O) groups excluding carboxylic acids is 2. The van der Waals surface area contributed by atoms with Crippen molar-refractivity contribution in [3.05, 3.63) is 55.5 Å². The summed E-state index contributed by atoms with van der Waals surface area (Å²) < 4.78 is 34.3. The van der Waals surface area contributed by atoms with E-state index >= 15 is 0 Å². The Bertz CT molecular complexity index is 1610. The summed E-state index contributed by atoms with van der Waals surface area (Å²) in [5, 5.41) is 7.59. The second-order valence-corrected chi connectivity index (χ2v) is 12.1. The SMILES string of the molecule is CCc1nc(C(=O)NC2CC2)ccc1OCC(=O)N1CCc2nc3sc(C(F)F)nn3c2C1c1sc(C)nc1C. The largest absolute Gasteiger partial charge is 0.482 e. The first-order valence-electron chi connectivity index (χ1n) is 13.1. The zero-order valence-corrected chi connectivity index (χ0v) is 23.7. The molecule has 0 saturated heterocycles. The molecule has 1 atom stereocenters. The molecule has 1 fully saturated rings. The van der Waals surface area contributed by atoms with Crippen molar-refractivity contribution in [2.45, 2.75) is 65.0 Å². The maximum atomic E-state index is 13.7. The van der Waals surface area contributed by atoms with E-state index in [0.717, 1.165) is 45.5 Å². The Morgan fingerprint density at radius 3 is 2.65 bits per heavy atom. The van der Waals surface area contributed by atoms with E-state index in [2.05, 4.69) is 25.4 Å². The van der Waals surface area contributed by atoms with Crippen molar-refractivity contribution in [2.24, 2.45) is 0 Å². The van der Waals surface area contributed by atoms with Crippen molar-refractivity contribution in [3.8, 4) is 5.75 Å². The Labute approximate surface area is 236 Å². The molecule has 10 nitrogen and oxygen atoms in total. The Morgan fingerprint density at radius 2 is 1.98 bits per heavy atom. The Morgan fingerprint density at radius 1 is 1.18 bits per heavy atom. The number of halogens is 2. The first-order valence-corrected chi connectivity index (χ1v) is 14.7. The van der Waals surface area contributed by atoms with Crippen molar-refractivity contribution in [1.29, 1.82) is 0 Å². The third kappa shape index (κ3) is 4.94. The predicted octanol–water partition coefficient (Wildman–Crippen LogP) is 4.20. The molecule has 40 heavy (non-hydrogen) atoms. The number of nitrogens with zero attached hydrogens (tertiary/aromatic N) is 6. The normalized spacial score (nSPS) is 16.9. The van der Waals surface area contributed by atoms with E-state index in [9.17, 15) is 18.4 Å². The summed E-state index contributed by atoms with van der Waals surface area (Å²) in [7, 11) is 0. The van der Waals surface area contributed by atoms with Crippen LogP contribution in [0.5, 0.6) is 5.75 Å². The second kappa shape index (κ2) is 10.5. The molecular weight excluding hydrogens is 560 g/mol. The summed E-state index contributed by atoms with van der Waals surface area (Å²) in [5.41, 5.74) is 3.00. The lowest BCUT2D eigenvalue weighted by atomic mass is 10.00. The number of pyridine rings is 1. The lowest BCUT2D eigenvalue weighted by molar-refractivity contribution is -0.135. The van der Waals surface area contributed by atoms with Gasteiger partial charge in [-0.25, -0.2) is 28.2 Å². The van der Waals surface area contributed by atoms with Crippen molar-refractivity contribution in [3.63, 3.8) is 0 Å². The number of rotatable bonds is 8. The van der Waals surface area contributed by atoms with Crippen molar-refractivity contribution in [2.75, 3.05) is 13.2 Å². The topological polar surface area (TPSA) is 115 Å². The zero-order chi connectivity index (χ0) is 28.1. The van der Waals surface area contributed by atoms with E-state index in [-0.39, 0.29) is 29.5 Å². The Balaban J connectivity index is 1.28. The van der Waals surface area contributed by atoms with Crippen LogP contribution >= 0.6 is 22.7 Å². The quantitative estimate of drug-likeness (QED) is 0.329. The summed E-state index contributed by atoms with van der Waals surface area (Å²) in [6, 6.07) is 2.90. The van der Waals surface area contributed by atoms with Crippen LogP contribution in [0.3, 0.4) is 0 Å². The first-order chi connectivity index (χ1) is 19.2. The minimum atomic E-state index is -2.71. The second-order valence-electron chi connectivity index (χ2n) is 9.83. The van der Waals surface area contributed by atoms with E-state index in [1.807, 2.05) is 20.8 Å². The average molecular weight is 588 g/mol. The summed E-state index contributed by atoms with van der Waals surface area (Å²) in [4.78, 5) is 42.6. The van der Waals surface area contributed by atoms with Crippen LogP contribution in [0.25, 0.3) is 4.96 Å². The van der Waals surface area contributed by atoms with Gasteiger partial charge in [0, 0.05) is 19.0 Å². The predicted molar refractivity (Wildman–Crippen MR) is 144 cm³/mol. The molecule has 1 aliphatic heterocycles. The fraction of sp³-hybridized carbons (Fsp3) is 0.462. The van der Waals surface area contributed by atoms with E-state index < -0.39 is 12.5 Å². The molecule has 6 rings (SSSR count). The molecule has 5 heterocycles. The number of aryl methyl sites for hydroxylation is 3. The molecule has 2 aliphatic rings. The highest BCUT2D eigenvalue weighted by Gasteiger charge is 2.39. The standard InChI is InChI=1S/C26H27F2N7O3S2/c1-4-15-18(8-7-17(31-15)24(37)30-14-5-6-14)38-11-19(36)34-10-9-16-20(21(34)22-12(2)29-13(3)39-22)35-26(32-16)40-25(33-35)23(27)28/h7-8,14,21,23H,4-6,9-11H2,1-3H3,(H,30,37). The lowest BCUT2D eigenvalue weighted by Gasteiger charge is -2.35. The lowest BCUT2D eigenvalue weighted by Crippen LogP contribution is -2.43. The number of aromatic nitrogens is 5. The van der Waals surface area contributed by atoms with Crippen LogP contribution in [0.2, 0.25) is 0 Å². The molecule has 0 radical (unpaired) electrons. The van der Waals surface area contributed by atoms with Gasteiger partial charge in [-0.1, -0.05) is 18.3 Å². The van der Waals surface area contributed by atoms with Crippen LogP contribution in [0.15, 0.2) is 12.1 Å². The van der Waals surface area contributed by atoms with Gasteiger partial charge in [0.1, 0.15) is 17.5 Å². The minimum absolute atomic E-state index is 0.217. The van der Waals surface area contributed by atoms with Gasteiger partial charge in [-0.05, 0) is 45.2 Å². The van der Waals surface area contributed by atoms with Crippen molar-refractivity contribution >= 4 is 39.4 Å². The third-order valence-electron chi connectivity index (χ3n) is 6.95. The van der Waals surface area contributed by atoms with Gasteiger partial charge in [-0.3, -0.25) is 9.59 Å². The molecule has 1 N–H and O–H groups in total. The first kappa shape index (κ1) is 26.7. The number of ether oxygens (including phenoxy) is 1. The molecule has 4 aromatic heterocycles. The highest BCUT2D eigenvalue weighted by molar-refractivity contribution is 7.16. The van der Waals surface area contributed by atoms with E-state index in [0.29, 0.717) is 47.2 Å². The van der Waals surface area contributed by atoms with Gasteiger partial charge in [0.25, 0.3) is 18.2 Å². The molecule has 0 spiro atoms. The van der Waals surface area contributed by atoms with Crippen LogP contribution < -0.4 is 10.1 Å². The van der Waals surface area contributed by atoms with Gasteiger partial charge in [0.05, 0.1) is 32.7 Å². The maximum Gasteiger partial charge on any atom is 0.291 e. The number of fused-ring (bicyclic) bond motifs is 3. The van der Waals surface area contributed by atoms with Crippen molar-refractivity contribution in [1.82, 2.24) is 34.8 Å². The number of hydrogen-bond donors (Lipinski definition) is 1. The number of imidazole rings is 1. The van der Waals surface area contributed by atoms with Crippen LogP contribution in [-0.2, 0) is 17.6 Å². The molecule has 2 amide bonds. The number of alkyl halides is 2. The number of amides is 2. The van der Waals surface area contributed by atoms with Crippen molar-refractivity contribution < 1.29 is 23.1 Å². The van der Waals surface area contributed by atoms with Crippen LogP contribution in [-0.4, -0.2) is 60.5 Å². The zero-order valence-electron chi connectivity index (χ0n) is 22.1. The molecule has 0 aromatic carbocycles. The molecule has 1 unspecified atom stereocenters. The minimum Gasteiger partial charge on any atom is -0.482 e. The van der Waals surface area contributed by atoms with Crippen LogP contribution in [0.1, 0.15) is 80.4 Å². The monoisotopic (exact) mass is 587 g/mol. The summed E-state index contributed by atoms with van der Waals surface area (Å²) in [6.45, 7) is 5.78.